The van der Waals surface area contributed by atoms with E-state index in [0.717, 1.165) is 0 Å². The maximum Gasteiger partial charge on any atom is 0.303 e. The molecule has 0 saturated carbocycles. The van der Waals surface area contributed by atoms with Crippen LogP contribution in [-0.2, 0) is 9.59 Å². The second-order valence-electron chi connectivity index (χ2n) is 4.90. The van der Waals surface area contributed by atoms with E-state index in [1.165, 1.54) is 6.20 Å². The molecule has 1 aromatic carbocycles. The number of benzene rings is 1. The average molecular weight is 370 g/mol. The highest BCUT2D eigenvalue weighted by Gasteiger charge is 2.08. The van der Waals surface area contributed by atoms with E-state index in [0.29, 0.717) is 41.5 Å². The lowest BCUT2D eigenvalue weighted by Crippen LogP contribution is -2.26. The van der Waals surface area contributed by atoms with E-state index < -0.39 is 11.9 Å². The van der Waals surface area contributed by atoms with Crippen molar-refractivity contribution in [1.29, 1.82) is 5.26 Å². The summed E-state index contributed by atoms with van der Waals surface area (Å²) in [5, 5.41) is 23.8. The standard InChI is InChI=1S/C16H17Cl2N3O3/c17-12-5-6-13(18)14(8-12)21-10-11(9-19)16(24)20-7-3-1-2-4-15(22)23/h5-6,8,10,21H,1-4,7H2,(H,20,24)(H,22,23)/b11-10-. The molecule has 1 amide bonds. The number of hydrogen-bond donors (Lipinski definition) is 3. The Labute approximate surface area is 150 Å². The number of carbonyl (C=O) groups excluding carboxylic acids is 1. The molecule has 0 aliphatic carbocycles. The summed E-state index contributed by atoms with van der Waals surface area (Å²) in [6.45, 7) is 0.370. The number of rotatable bonds is 9. The Bertz CT molecular complexity index is 669. The van der Waals surface area contributed by atoms with Gasteiger partial charge in [0.15, 0.2) is 0 Å². The van der Waals surface area contributed by atoms with Gasteiger partial charge < -0.3 is 15.7 Å². The molecule has 1 aromatic rings. The molecular formula is C16H17Cl2N3O3. The van der Waals surface area contributed by atoms with Crippen LogP contribution in [0.3, 0.4) is 0 Å². The van der Waals surface area contributed by atoms with E-state index in [2.05, 4.69) is 10.6 Å². The third kappa shape index (κ3) is 7.36. The van der Waals surface area contributed by atoms with Crippen LogP contribution in [0.4, 0.5) is 5.69 Å². The molecule has 6 nitrogen and oxygen atoms in total. The number of hydrogen-bond acceptors (Lipinski definition) is 4. The lowest BCUT2D eigenvalue weighted by molar-refractivity contribution is -0.137. The number of amides is 1. The average Bonchev–Trinajstić information content (AvgIpc) is 2.54. The molecule has 1 rings (SSSR count). The van der Waals surface area contributed by atoms with Crippen LogP contribution in [0.5, 0.6) is 0 Å². The van der Waals surface area contributed by atoms with Crippen LogP contribution in [0.15, 0.2) is 30.0 Å². The van der Waals surface area contributed by atoms with E-state index >= 15 is 0 Å². The van der Waals surface area contributed by atoms with Crippen molar-refractivity contribution in [2.75, 3.05) is 11.9 Å². The lowest BCUT2D eigenvalue weighted by atomic mass is 10.2. The quantitative estimate of drug-likeness (QED) is 0.350. The molecule has 0 radical (unpaired) electrons. The van der Waals surface area contributed by atoms with E-state index in [1.54, 1.807) is 24.3 Å². The van der Waals surface area contributed by atoms with Crippen molar-refractivity contribution in [3.8, 4) is 6.07 Å². The van der Waals surface area contributed by atoms with Gasteiger partial charge in [-0.15, -0.1) is 0 Å². The summed E-state index contributed by atoms with van der Waals surface area (Å²) < 4.78 is 0. The zero-order valence-electron chi connectivity index (χ0n) is 12.8. The van der Waals surface area contributed by atoms with E-state index in [9.17, 15) is 9.59 Å². The summed E-state index contributed by atoms with van der Waals surface area (Å²) >= 11 is 11.8. The maximum atomic E-state index is 11.9. The third-order valence-corrected chi connectivity index (χ3v) is 3.58. The van der Waals surface area contributed by atoms with Gasteiger partial charge in [0.2, 0.25) is 0 Å². The first-order valence-electron chi connectivity index (χ1n) is 7.26. The third-order valence-electron chi connectivity index (χ3n) is 3.02. The highest BCUT2D eigenvalue weighted by atomic mass is 35.5. The zero-order valence-corrected chi connectivity index (χ0v) is 14.3. The Morgan fingerprint density at radius 1 is 1.25 bits per heavy atom. The monoisotopic (exact) mass is 369 g/mol. The number of anilines is 1. The highest BCUT2D eigenvalue weighted by Crippen LogP contribution is 2.25. The molecule has 8 heteroatoms. The minimum Gasteiger partial charge on any atom is -0.481 e. The molecule has 0 aliphatic rings. The number of carbonyl (C=O) groups is 2. The first-order valence-corrected chi connectivity index (χ1v) is 8.01. The predicted octanol–water partition coefficient (Wildman–Crippen LogP) is 3.57. The number of carboxylic acid groups (broad SMARTS) is 1. The zero-order chi connectivity index (χ0) is 17.9. The Morgan fingerprint density at radius 2 is 2.00 bits per heavy atom. The molecule has 24 heavy (non-hydrogen) atoms. The smallest absolute Gasteiger partial charge is 0.303 e. The summed E-state index contributed by atoms with van der Waals surface area (Å²) in [6, 6.07) is 6.61. The molecule has 128 valence electrons. The van der Waals surface area contributed by atoms with Gasteiger partial charge in [-0.2, -0.15) is 5.26 Å². The van der Waals surface area contributed by atoms with Crippen molar-refractivity contribution in [3.63, 3.8) is 0 Å². The van der Waals surface area contributed by atoms with Gasteiger partial charge in [0.25, 0.3) is 5.91 Å². The van der Waals surface area contributed by atoms with Crippen LogP contribution in [0, 0.1) is 11.3 Å². The highest BCUT2D eigenvalue weighted by molar-refractivity contribution is 6.35. The minimum absolute atomic E-state index is 0.100. The summed E-state index contributed by atoms with van der Waals surface area (Å²) in [5.74, 6) is -1.35. The second kappa shape index (κ2) is 10.5. The lowest BCUT2D eigenvalue weighted by Gasteiger charge is -2.06. The molecule has 0 aliphatic heterocycles. The molecule has 0 aromatic heterocycles. The van der Waals surface area contributed by atoms with Crippen LogP contribution >= 0.6 is 23.2 Å². The van der Waals surface area contributed by atoms with Crippen molar-refractivity contribution in [3.05, 3.63) is 40.0 Å². The first-order chi connectivity index (χ1) is 11.4. The topological polar surface area (TPSA) is 102 Å². The molecule has 0 heterocycles. The fraction of sp³-hybridized carbons (Fsp3) is 0.312. The molecular weight excluding hydrogens is 353 g/mol. The van der Waals surface area contributed by atoms with Crippen molar-refractivity contribution in [2.45, 2.75) is 25.7 Å². The second-order valence-corrected chi connectivity index (χ2v) is 5.74. The Morgan fingerprint density at radius 3 is 2.67 bits per heavy atom. The Kier molecular flexibility index (Phi) is 8.69. The van der Waals surface area contributed by atoms with Crippen molar-refractivity contribution in [1.82, 2.24) is 5.32 Å². The first kappa shape index (κ1) is 19.8. The van der Waals surface area contributed by atoms with Crippen LogP contribution in [0.1, 0.15) is 25.7 Å². The number of carboxylic acids is 1. The van der Waals surface area contributed by atoms with Crippen LogP contribution in [0.25, 0.3) is 0 Å². The number of nitrogens with one attached hydrogen (secondary N) is 2. The van der Waals surface area contributed by atoms with Gasteiger partial charge >= 0.3 is 5.97 Å². The van der Waals surface area contributed by atoms with Crippen molar-refractivity contribution in [2.24, 2.45) is 0 Å². The number of halogens is 2. The van der Waals surface area contributed by atoms with Crippen LogP contribution in [-0.4, -0.2) is 23.5 Å². The SMILES string of the molecule is N#C/C(=C/Nc1cc(Cl)ccc1Cl)C(=O)NCCCCCC(=O)O. The van der Waals surface area contributed by atoms with Crippen molar-refractivity contribution >= 4 is 40.8 Å². The predicted molar refractivity (Wildman–Crippen MR) is 92.9 cm³/mol. The summed E-state index contributed by atoms with van der Waals surface area (Å²) in [5.41, 5.74) is 0.384. The molecule has 0 bridgehead atoms. The molecule has 3 N–H and O–H groups in total. The van der Waals surface area contributed by atoms with Crippen molar-refractivity contribution < 1.29 is 14.7 Å². The van der Waals surface area contributed by atoms with Crippen LogP contribution < -0.4 is 10.6 Å². The summed E-state index contributed by atoms with van der Waals surface area (Å²) in [6.07, 6.45) is 3.26. The van der Waals surface area contributed by atoms with Gasteiger partial charge in [-0.05, 0) is 31.0 Å². The minimum atomic E-state index is -0.834. The number of nitriles is 1. The molecule has 0 fully saturated rings. The van der Waals surface area contributed by atoms with E-state index in [1.807, 2.05) is 0 Å². The molecule has 0 unspecified atom stereocenters. The Balaban J connectivity index is 2.47. The van der Waals surface area contributed by atoms with Gasteiger partial charge in [-0.3, -0.25) is 9.59 Å². The summed E-state index contributed by atoms with van der Waals surface area (Å²) in [4.78, 5) is 22.3. The maximum absolute atomic E-state index is 11.9. The van der Waals surface area contributed by atoms with E-state index in [4.69, 9.17) is 33.6 Å². The van der Waals surface area contributed by atoms with Gasteiger partial charge in [-0.1, -0.05) is 29.6 Å². The van der Waals surface area contributed by atoms with Gasteiger partial charge in [0, 0.05) is 24.2 Å². The fourth-order valence-electron chi connectivity index (χ4n) is 1.78. The van der Waals surface area contributed by atoms with Gasteiger partial charge in [0.1, 0.15) is 11.6 Å². The molecule has 0 saturated heterocycles. The van der Waals surface area contributed by atoms with Gasteiger partial charge in [-0.25, -0.2) is 0 Å². The number of unbranched alkanes of at least 4 members (excludes halogenated alkanes) is 2. The molecule has 0 atom stereocenters. The number of aliphatic carboxylic acids is 1. The molecule has 0 spiro atoms. The Hall–Kier alpha value is -2.23. The normalized spacial score (nSPS) is 10.8. The largest absolute Gasteiger partial charge is 0.481 e. The van der Waals surface area contributed by atoms with E-state index in [-0.39, 0.29) is 12.0 Å². The van der Waals surface area contributed by atoms with Gasteiger partial charge in [0.05, 0.1) is 10.7 Å². The summed E-state index contributed by atoms with van der Waals surface area (Å²) in [7, 11) is 0. The fourth-order valence-corrected chi connectivity index (χ4v) is 2.13. The van der Waals surface area contributed by atoms with Crippen LogP contribution in [0.2, 0.25) is 10.0 Å². The number of nitrogens with zero attached hydrogens (tertiary/aromatic N) is 1.